The van der Waals surface area contributed by atoms with Crippen molar-refractivity contribution >= 4 is 29.4 Å². The Balaban J connectivity index is 1.51. The van der Waals surface area contributed by atoms with Gasteiger partial charge in [0.05, 0.1) is 6.42 Å². The van der Waals surface area contributed by atoms with E-state index in [-0.39, 0.29) is 12.3 Å². The fourth-order valence-corrected chi connectivity index (χ4v) is 5.40. The van der Waals surface area contributed by atoms with Crippen LogP contribution in [0.1, 0.15) is 53.4 Å². The van der Waals surface area contributed by atoms with Gasteiger partial charge in [0.25, 0.3) is 5.91 Å². The lowest BCUT2D eigenvalue weighted by molar-refractivity contribution is -0.150. The van der Waals surface area contributed by atoms with Crippen LogP contribution in [0.25, 0.3) is 11.1 Å². The summed E-state index contributed by atoms with van der Waals surface area (Å²) in [5.41, 5.74) is 3.27. The van der Waals surface area contributed by atoms with Gasteiger partial charge in [-0.3, -0.25) is 19.2 Å². The van der Waals surface area contributed by atoms with Crippen molar-refractivity contribution in [3.63, 3.8) is 0 Å². The van der Waals surface area contributed by atoms with E-state index >= 15 is 0 Å². The second kappa shape index (κ2) is 16.3. The van der Waals surface area contributed by atoms with Gasteiger partial charge in [0.1, 0.15) is 13.3 Å². The Morgan fingerprint density at radius 1 is 0.745 bits per heavy atom. The molecule has 244 valence electrons. The SMILES string of the molecule is CCNC(=O)C(COC(=O)Cc1ccc(NC(=O)c2ccccc2-c2ccc(CF)cc2)c(CC)c1)(C(=O)NCC)c1ccccc1. The Hall–Kier alpha value is -5.31. The fraction of sp³-hybridized carbons (Fsp3) is 0.263. The van der Waals surface area contributed by atoms with Crippen LogP contribution in [0.15, 0.2) is 97.1 Å². The van der Waals surface area contributed by atoms with E-state index < -0.39 is 36.5 Å². The second-order valence-electron chi connectivity index (χ2n) is 11.0. The molecule has 3 N–H and O–H groups in total. The molecule has 4 aromatic carbocycles. The summed E-state index contributed by atoms with van der Waals surface area (Å²) in [5, 5.41) is 8.45. The number of nitrogens with one attached hydrogen (secondary N) is 3. The van der Waals surface area contributed by atoms with Crippen LogP contribution in [0, 0.1) is 0 Å². The van der Waals surface area contributed by atoms with E-state index in [0.29, 0.717) is 47.5 Å². The van der Waals surface area contributed by atoms with Crippen LogP contribution in [0.5, 0.6) is 0 Å². The molecule has 47 heavy (non-hydrogen) atoms. The lowest BCUT2D eigenvalue weighted by Crippen LogP contribution is -2.57. The maximum absolute atomic E-state index is 13.5. The van der Waals surface area contributed by atoms with E-state index in [1.54, 1.807) is 92.7 Å². The highest BCUT2D eigenvalue weighted by molar-refractivity contribution is 6.11. The summed E-state index contributed by atoms with van der Waals surface area (Å²) in [6, 6.07) is 28.1. The second-order valence-corrected chi connectivity index (χ2v) is 11.0. The number of likely N-dealkylation sites (N-methyl/N-ethyl adjacent to an activating group) is 2. The maximum Gasteiger partial charge on any atom is 0.310 e. The zero-order chi connectivity index (χ0) is 33.8. The van der Waals surface area contributed by atoms with E-state index in [4.69, 9.17) is 4.74 Å². The number of rotatable bonds is 14. The van der Waals surface area contributed by atoms with Gasteiger partial charge in [-0.15, -0.1) is 0 Å². The summed E-state index contributed by atoms with van der Waals surface area (Å²) in [6.45, 7) is 5.00. The summed E-state index contributed by atoms with van der Waals surface area (Å²) in [7, 11) is 0. The van der Waals surface area contributed by atoms with E-state index in [1.165, 1.54) is 0 Å². The van der Waals surface area contributed by atoms with Crippen LogP contribution in [0.4, 0.5) is 10.1 Å². The van der Waals surface area contributed by atoms with Crippen molar-refractivity contribution in [2.45, 2.75) is 45.7 Å². The Kier molecular flexibility index (Phi) is 12.0. The fourth-order valence-electron chi connectivity index (χ4n) is 5.40. The molecule has 0 atom stereocenters. The van der Waals surface area contributed by atoms with Crippen molar-refractivity contribution in [2.24, 2.45) is 0 Å². The zero-order valence-corrected chi connectivity index (χ0v) is 26.9. The number of carbonyl (C=O) groups is 4. The number of amides is 3. The van der Waals surface area contributed by atoms with Crippen molar-refractivity contribution in [3.8, 4) is 11.1 Å². The first-order valence-corrected chi connectivity index (χ1v) is 15.7. The van der Waals surface area contributed by atoms with Gasteiger partial charge in [-0.25, -0.2) is 4.39 Å². The molecule has 0 unspecified atom stereocenters. The Labute approximate surface area is 274 Å². The molecule has 0 fully saturated rings. The molecule has 0 spiro atoms. The number of halogens is 1. The summed E-state index contributed by atoms with van der Waals surface area (Å²) < 4.78 is 18.7. The van der Waals surface area contributed by atoms with E-state index in [0.717, 1.165) is 16.7 Å². The first kappa shape index (κ1) is 34.6. The summed E-state index contributed by atoms with van der Waals surface area (Å²) in [6.07, 6.45) is 0.477. The van der Waals surface area contributed by atoms with E-state index in [9.17, 15) is 23.6 Å². The number of carbonyl (C=O) groups excluding carboxylic acids is 4. The number of alkyl halides is 1. The van der Waals surface area contributed by atoms with Gasteiger partial charge in [-0.2, -0.15) is 0 Å². The Morgan fingerprint density at radius 2 is 1.36 bits per heavy atom. The molecule has 9 heteroatoms. The smallest absolute Gasteiger partial charge is 0.310 e. The van der Waals surface area contributed by atoms with Crippen molar-refractivity contribution in [2.75, 3.05) is 25.0 Å². The number of ether oxygens (including phenoxy) is 1. The molecule has 8 nitrogen and oxygen atoms in total. The van der Waals surface area contributed by atoms with Gasteiger partial charge in [-0.1, -0.05) is 91.9 Å². The number of aryl methyl sites for hydroxylation is 1. The van der Waals surface area contributed by atoms with Gasteiger partial charge >= 0.3 is 5.97 Å². The number of benzene rings is 4. The first-order valence-electron chi connectivity index (χ1n) is 15.7. The van der Waals surface area contributed by atoms with Crippen molar-refractivity contribution in [1.29, 1.82) is 0 Å². The number of anilines is 1. The molecule has 0 saturated carbocycles. The lowest BCUT2D eigenvalue weighted by atomic mass is 9.79. The van der Waals surface area contributed by atoms with E-state index in [1.807, 2.05) is 25.1 Å². The molecule has 0 radical (unpaired) electrons. The average molecular weight is 638 g/mol. The minimum Gasteiger partial charge on any atom is -0.463 e. The lowest BCUT2D eigenvalue weighted by Gasteiger charge is -2.31. The van der Waals surface area contributed by atoms with Crippen LogP contribution in [-0.4, -0.2) is 43.4 Å². The quantitative estimate of drug-likeness (QED) is 0.117. The summed E-state index contributed by atoms with van der Waals surface area (Å²) in [4.78, 5) is 53.3. The zero-order valence-electron chi connectivity index (χ0n) is 26.9. The predicted octanol–water partition coefficient (Wildman–Crippen LogP) is 5.93. The topological polar surface area (TPSA) is 114 Å². The van der Waals surface area contributed by atoms with Crippen LogP contribution >= 0.6 is 0 Å². The van der Waals surface area contributed by atoms with E-state index in [2.05, 4.69) is 16.0 Å². The molecule has 0 heterocycles. The van der Waals surface area contributed by atoms with Crippen LogP contribution < -0.4 is 16.0 Å². The van der Waals surface area contributed by atoms with Gasteiger partial charge in [0.15, 0.2) is 5.41 Å². The molecule has 0 saturated heterocycles. The summed E-state index contributed by atoms with van der Waals surface area (Å²) in [5.74, 6) is -2.02. The number of hydrogen-bond donors (Lipinski definition) is 3. The minimum absolute atomic E-state index is 0.103. The molecule has 0 aromatic heterocycles. The predicted molar refractivity (Wildman–Crippen MR) is 181 cm³/mol. The van der Waals surface area contributed by atoms with Crippen molar-refractivity contribution in [3.05, 3.63) is 125 Å². The highest BCUT2D eigenvalue weighted by atomic mass is 19.1. The van der Waals surface area contributed by atoms with Gasteiger partial charge in [0.2, 0.25) is 11.8 Å². The minimum atomic E-state index is -1.77. The molecule has 3 amide bonds. The average Bonchev–Trinajstić information content (AvgIpc) is 3.10. The van der Waals surface area contributed by atoms with Gasteiger partial charge in [-0.05, 0) is 65.8 Å². The molecular formula is C38H40FN3O5. The third-order valence-electron chi connectivity index (χ3n) is 7.90. The molecule has 0 aliphatic carbocycles. The molecule has 0 aliphatic heterocycles. The van der Waals surface area contributed by atoms with Crippen LogP contribution in [-0.2, 0) is 44.1 Å². The summed E-state index contributed by atoms with van der Waals surface area (Å²) >= 11 is 0. The molecular weight excluding hydrogens is 597 g/mol. The van der Waals surface area contributed by atoms with Gasteiger partial charge in [0, 0.05) is 24.3 Å². The molecule has 4 rings (SSSR count). The van der Waals surface area contributed by atoms with Crippen LogP contribution in [0.2, 0.25) is 0 Å². The standard InChI is InChI=1S/C38H40FN3O5/c1-4-28-22-27(18-21-33(28)42-35(44)32-15-11-10-14-31(32)29-19-16-26(24-39)17-20-29)23-34(43)47-25-38(36(45)40-5-2,37(46)41-6-3)30-12-8-7-9-13-30/h7-22H,4-6,23-25H2,1-3H3,(H,40,45)(H,41,46)(H,42,44). The number of esters is 1. The first-order chi connectivity index (χ1) is 22.8. The Bertz CT molecular complexity index is 1690. The molecule has 4 aromatic rings. The molecule has 0 bridgehead atoms. The third kappa shape index (κ3) is 8.10. The number of hydrogen-bond acceptors (Lipinski definition) is 5. The highest BCUT2D eigenvalue weighted by Gasteiger charge is 2.48. The van der Waals surface area contributed by atoms with Crippen molar-refractivity contribution in [1.82, 2.24) is 10.6 Å². The molecule has 0 aliphatic rings. The normalized spacial score (nSPS) is 11.0. The largest absolute Gasteiger partial charge is 0.463 e. The van der Waals surface area contributed by atoms with Crippen molar-refractivity contribution < 1.29 is 28.3 Å². The van der Waals surface area contributed by atoms with Gasteiger partial charge < -0.3 is 20.7 Å². The third-order valence-corrected chi connectivity index (χ3v) is 7.90. The Morgan fingerprint density at radius 3 is 1.98 bits per heavy atom. The highest BCUT2D eigenvalue weighted by Crippen LogP contribution is 2.28. The van der Waals surface area contributed by atoms with Crippen LogP contribution in [0.3, 0.4) is 0 Å². The maximum atomic E-state index is 13.5. The monoisotopic (exact) mass is 637 g/mol.